The van der Waals surface area contributed by atoms with Crippen LogP contribution in [0.2, 0.25) is 0 Å². The van der Waals surface area contributed by atoms with Crippen LogP contribution in [0.1, 0.15) is 54.4 Å². The van der Waals surface area contributed by atoms with Crippen LogP contribution < -0.4 is 5.32 Å². The van der Waals surface area contributed by atoms with Crippen LogP contribution in [-0.2, 0) is 9.53 Å². The van der Waals surface area contributed by atoms with E-state index in [1.165, 1.54) is 26.0 Å². The molecule has 0 saturated heterocycles. The van der Waals surface area contributed by atoms with Crippen molar-refractivity contribution in [3.63, 3.8) is 0 Å². The quantitative estimate of drug-likeness (QED) is 0.399. The fourth-order valence-corrected chi connectivity index (χ4v) is 2.84. The van der Waals surface area contributed by atoms with Crippen molar-refractivity contribution in [3.05, 3.63) is 41.0 Å². The highest BCUT2D eigenvalue weighted by Crippen LogP contribution is 2.18. The third kappa shape index (κ3) is 4.95. The molecule has 24 heavy (non-hydrogen) atoms. The Morgan fingerprint density at radius 3 is 2.33 bits per heavy atom. The van der Waals surface area contributed by atoms with Crippen molar-refractivity contribution in [1.82, 2.24) is 5.32 Å². The molecule has 0 unspecified atom stereocenters. The molecule has 0 aromatic heterocycles. The third-order valence-electron chi connectivity index (χ3n) is 4.20. The Morgan fingerprint density at radius 1 is 1.17 bits per heavy atom. The van der Waals surface area contributed by atoms with Gasteiger partial charge in [-0.3, -0.25) is 4.79 Å². The molecule has 1 amide bonds. The van der Waals surface area contributed by atoms with Crippen molar-refractivity contribution in [2.24, 2.45) is 0 Å². The summed E-state index contributed by atoms with van der Waals surface area (Å²) in [4.78, 5) is 23.7. The minimum absolute atomic E-state index is 0.0741. The van der Waals surface area contributed by atoms with E-state index >= 15 is 0 Å². The number of rotatable bonds is 4. The Bertz CT molecular complexity index is 648. The fraction of sp³-hybridized carbons (Fsp3) is 0.421. The van der Waals surface area contributed by atoms with Crippen molar-refractivity contribution in [2.45, 2.75) is 44.6 Å². The SMILES string of the molecule is COC(=O)c1ccc(C=C(C#N)C(=O)NC2CCCCCC2)cc1. The van der Waals surface area contributed by atoms with Gasteiger partial charge < -0.3 is 10.1 Å². The Kier molecular flexibility index (Phi) is 6.56. The van der Waals surface area contributed by atoms with E-state index in [0.717, 1.165) is 25.7 Å². The summed E-state index contributed by atoms with van der Waals surface area (Å²) >= 11 is 0. The number of nitriles is 1. The number of esters is 1. The molecule has 1 N–H and O–H groups in total. The zero-order chi connectivity index (χ0) is 17.4. The molecule has 0 radical (unpaired) electrons. The average Bonchev–Trinajstić information content (AvgIpc) is 2.88. The number of amides is 1. The minimum Gasteiger partial charge on any atom is -0.465 e. The van der Waals surface area contributed by atoms with Gasteiger partial charge in [-0.2, -0.15) is 5.26 Å². The molecule has 0 spiro atoms. The number of hydrogen-bond acceptors (Lipinski definition) is 4. The number of benzene rings is 1. The molecule has 1 aromatic carbocycles. The van der Waals surface area contributed by atoms with Crippen molar-refractivity contribution >= 4 is 18.0 Å². The summed E-state index contributed by atoms with van der Waals surface area (Å²) < 4.78 is 4.64. The van der Waals surface area contributed by atoms with Gasteiger partial charge in [0, 0.05) is 6.04 Å². The van der Waals surface area contributed by atoms with Crippen molar-refractivity contribution in [3.8, 4) is 6.07 Å². The first-order chi connectivity index (χ1) is 11.6. The molecule has 0 heterocycles. The average molecular weight is 326 g/mol. The van der Waals surface area contributed by atoms with Gasteiger partial charge in [0.2, 0.25) is 0 Å². The maximum atomic E-state index is 12.3. The molecule has 5 heteroatoms. The lowest BCUT2D eigenvalue weighted by atomic mass is 10.1. The van der Waals surface area contributed by atoms with Crippen LogP contribution in [0.3, 0.4) is 0 Å². The monoisotopic (exact) mass is 326 g/mol. The van der Waals surface area contributed by atoms with E-state index in [1.807, 2.05) is 6.07 Å². The molecule has 0 bridgehead atoms. The van der Waals surface area contributed by atoms with Gasteiger partial charge in [0.15, 0.2) is 0 Å². The topological polar surface area (TPSA) is 79.2 Å². The summed E-state index contributed by atoms with van der Waals surface area (Å²) in [5.41, 5.74) is 1.19. The number of ether oxygens (including phenoxy) is 1. The first-order valence-electron chi connectivity index (χ1n) is 8.25. The zero-order valence-corrected chi connectivity index (χ0v) is 13.9. The molecule has 5 nitrogen and oxygen atoms in total. The van der Waals surface area contributed by atoms with Crippen molar-refractivity contribution in [1.29, 1.82) is 5.26 Å². The molecule has 1 fully saturated rings. The van der Waals surface area contributed by atoms with Gasteiger partial charge in [-0.15, -0.1) is 0 Å². The van der Waals surface area contributed by atoms with E-state index in [2.05, 4.69) is 10.1 Å². The Labute approximate surface area is 142 Å². The molecule has 1 saturated carbocycles. The largest absolute Gasteiger partial charge is 0.465 e. The van der Waals surface area contributed by atoms with Gasteiger partial charge >= 0.3 is 5.97 Å². The van der Waals surface area contributed by atoms with E-state index in [1.54, 1.807) is 24.3 Å². The number of carbonyl (C=O) groups excluding carboxylic acids is 2. The summed E-state index contributed by atoms with van der Waals surface area (Å²) in [5, 5.41) is 12.2. The van der Waals surface area contributed by atoms with Crippen LogP contribution in [0.15, 0.2) is 29.8 Å². The van der Waals surface area contributed by atoms with Crippen LogP contribution in [0.4, 0.5) is 0 Å². The summed E-state index contributed by atoms with van der Waals surface area (Å²) in [6, 6.07) is 8.69. The highest BCUT2D eigenvalue weighted by atomic mass is 16.5. The molecular weight excluding hydrogens is 304 g/mol. The normalized spacial score (nSPS) is 15.9. The molecule has 2 rings (SSSR count). The Morgan fingerprint density at radius 2 is 1.79 bits per heavy atom. The van der Waals surface area contributed by atoms with Crippen molar-refractivity contribution in [2.75, 3.05) is 7.11 Å². The number of methoxy groups -OCH3 is 1. The predicted molar refractivity (Wildman–Crippen MR) is 91.0 cm³/mol. The van der Waals surface area contributed by atoms with Gasteiger partial charge in [0.1, 0.15) is 11.6 Å². The number of carbonyl (C=O) groups is 2. The second-order valence-corrected chi connectivity index (χ2v) is 5.95. The summed E-state index contributed by atoms with van der Waals surface area (Å²) in [5.74, 6) is -0.751. The summed E-state index contributed by atoms with van der Waals surface area (Å²) in [6.45, 7) is 0. The maximum absolute atomic E-state index is 12.3. The van der Waals surface area contributed by atoms with Crippen LogP contribution in [0.5, 0.6) is 0 Å². The van der Waals surface area contributed by atoms with E-state index in [9.17, 15) is 14.9 Å². The molecule has 0 atom stereocenters. The summed E-state index contributed by atoms with van der Waals surface area (Å²) in [6.07, 6.45) is 8.13. The molecule has 1 aromatic rings. The molecule has 1 aliphatic carbocycles. The third-order valence-corrected chi connectivity index (χ3v) is 4.20. The van der Waals surface area contributed by atoms with E-state index in [-0.39, 0.29) is 17.5 Å². The van der Waals surface area contributed by atoms with Crippen LogP contribution in [0.25, 0.3) is 6.08 Å². The van der Waals surface area contributed by atoms with Crippen LogP contribution in [-0.4, -0.2) is 25.0 Å². The second kappa shape index (κ2) is 8.88. The molecule has 1 aliphatic rings. The summed E-state index contributed by atoms with van der Waals surface area (Å²) in [7, 11) is 1.32. The maximum Gasteiger partial charge on any atom is 0.337 e. The van der Waals surface area contributed by atoms with Gasteiger partial charge in [-0.1, -0.05) is 37.8 Å². The van der Waals surface area contributed by atoms with Gasteiger partial charge in [-0.25, -0.2) is 4.79 Å². The highest BCUT2D eigenvalue weighted by Gasteiger charge is 2.17. The van der Waals surface area contributed by atoms with Gasteiger partial charge in [-0.05, 0) is 36.6 Å². The van der Waals surface area contributed by atoms with Gasteiger partial charge in [0.05, 0.1) is 12.7 Å². The minimum atomic E-state index is -0.419. The number of hydrogen-bond donors (Lipinski definition) is 1. The lowest BCUT2D eigenvalue weighted by molar-refractivity contribution is -0.117. The van der Waals surface area contributed by atoms with Crippen molar-refractivity contribution < 1.29 is 14.3 Å². The van der Waals surface area contributed by atoms with E-state index in [0.29, 0.717) is 11.1 Å². The van der Waals surface area contributed by atoms with E-state index < -0.39 is 5.97 Å². The lowest BCUT2D eigenvalue weighted by Gasteiger charge is -2.15. The number of nitrogens with zero attached hydrogens (tertiary/aromatic N) is 1. The van der Waals surface area contributed by atoms with Gasteiger partial charge in [0.25, 0.3) is 5.91 Å². The highest BCUT2D eigenvalue weighted by molar-refractivity contribution is 6.02. The fourth-order valence-electron chi connectivity index (χ4n) is 2.84. The molecule has 0 aliphatic heterocycles. The lowest BCUT2D eigenvalue weighted by Crippen LogP contribution is -2.35. The molecular formula is C19H22N2O3. The second-order valence-electron chi connectivity index (χ2n) is 5.95. The first-order valence-corrected chi connectivity index (χ1v) is 8.25. The van der Waals surface area contributed by atoms with E-state index in [4.69, 9.17) is 0 Å². The smallest absolute Gasteiger partial charge is 0.337 e. The predicted octanol–water partition coefficient (Wildman–Crippen LogP) is 3.22. The standard InChI is InChI=1S/C19H22N2O3/c1-24-19(23)15-10-8-14(9-11-15)12-16(13-20)18(22)21-17-6-4-2-3-5-7-17/h8-12,17H,2-7H2,1H3,(H,21,22). The number of nitrogens with one attached hydrogen (secondary N) is 1. The van der Waals surface area contributed by atoms with Crippen LogP contribution >= 0.6 is 0 Å². The Hall–Kier alpha value is -2.61. The first kappa shape index (κ1) is 17.7. The zero-order valence-electron chi connectivity index (χ0n) is 13.9. The molecule has 126 valence electrons. The Balaban J connectivity index is 2.06. The van der Waals surface area contributed by atoms with Crippen LogP contribution in [0, 0.1) is 11.3 Å².